The molecule has 4 aliphatic carbocycles. The zero-order valence-electron chi connectivity index (χ0n) is 43.5. The number of aliphatic hydroxyl groups is 13. The van der Waals surface area contributed by atoms with Crippen molar-refractivity contribution in [2.45, 2.75) is 235 Å². The van der Waals surface area contributed by atoms with Gasteiger partial charge in [0.15, 0.2) is 25.2 Å². The van der Waals surface area contributed by atoms with Crippen LogP contribution in [0.2, 0.25) is 0 Å². The third kappa shape index (κ3) is 10.3. The van der Waals surface area contributed by atoms with Gasteiger partial charge in [-0.1, -0.05) is 39.3 Å². The van der Waals surface area contributed by atoms with Gasteiger partial charge in [-0.05, 0) is 125 Å². The van der Waals surface area contributed by atoms with Crippen molar-refractivity contribution in [1.29, 1.82) is 0 Å². The van der Waals surface area contributed by atoms with E-state index in [0.29, 0.717) is 32.1 Å². The third-order valence-corrected chi connectivity index (χ3v) is 20.1. The Morgan fingerprint density at radius 1 is 0.616 bits per heavy atom. The van der Waals surface area contributed by atoms with Crippen molar-refractivity contribution in [2.24, 2.45) is 45.3 Å². The lowest BCUT2D eigenvalue weighted by molar-refractivity contribution is -0.384. The maximum atomic E-state index is 12.9. The third-order valence-electron chi connectivity index (χ3n) is 20.1. The normalized spacial score (nSPS) is 51.8. The molecule has 73 heavy (non-hydrogen) atoms. The van der Waals surface area contributed by atoms with Crippen LogP contribution in [0.25, 0.3) is 0 Å². The summed E-state index contributed by atoms with van der Waals surface area (Å²) in [6, 6.07) is 0. The summed E-state index contributed by atoms with van der Waals surface area (Å²) < 4.78 is 48.9. The molecule has 0 amide bonds. The van der Waals surface area contributed by atoms with Crippen molar-refractivity contribution in [1.82, 2.24) is 0 Å². The van der Waals surface area contributed by atoms with Gasteiger partial charge in [-0.3, -0.25) is 0 Å². The summed E-state index contributed by atoms with van der Waals surface area (Å²) in [5.41, 5.74) is -1.91. The molecule has 0 bridgehead atoms. The van der Waals surface area contributed by atoms with Crippen molar-refractivity contribution in [3.63, 3.8) is 0 Å². The Labute approximate surface area is 428 Å². The first kappa shape index (κ1) is 58.1. The van der Waals surface area contributed by atoms with Crippen LogP contribution in [-0.2, 0) is 37.9 Å². The van der Waals surface area contributed by atoms with Crippen LogP contribution in [-0.4, -0.2) is 222 Å². The van der Waals surface area contributed by atoms with E-state index in [9.17, 15) is 66.4 Å². The van der Waals surface area contributed by atoms with E-state index in [-0.39, 0.29) is 60.9 Å². The summed E-state index contributed by atoms with van der Waals surface area (Å²) >= 11 is 0. The minimum atomic E-state index is -1.75. The van der Waals surface area contributed by atoms with Crippen LogP contribution in [0.4, 0.5) is 0 Å². The minimum absolute atomic E-state index is 0.0487. The summed E-state index contributed by atoms with van der Waals surface area (Å²) in [5, 5.41) is 142. The molecule has 8 aliphatic rings. The fraction of sp³-hybridized carbons (Fsp3) is 0.962. The van der Waals surface area contributed by atoms with Gasteiger partial charge in [-0.25, -0.2) is 0 Å². The number of hydrogen-bond acceptors (Lipinski definition) is 21. The molecule has 4 aliphatic heterocycles. The van der Waals surface area contributed by atoms with E-state index in [0.717, 1.165) is 37.7 Å². The number of aliphatic hydroxyl groups excluding tert-OH is 12. The fourth-order valence-corrected chi connectivity index (χ4v) is 15.7. The summed E-state index contributed by atoms with van der Waals surface area (Å²) in [7, 11) is 0. The van der Waals surface area contributed by atoms with E-state index in [2.05, 4.69) is 33.8 Å². The van der Waals surface area contributed by atoms with Crippen molar-refractivity contribution in [3.8, 4) is 0 Å². The van der Waals surface area contributed by atoms with E-state index < -0.39 is 140 Å². The molecule has 4 saturated heterocycles. The summed E-state index contributed by atoms with van der Waals surface area (Å²) in [6.45, 7) is 12.9. The van der Waals surface area contributed by atoms with Gasteiger partial charge >= 0.3 is 0 Å². The highest BCUT2D eigenvalue weighted by atomic mass is 16.8. The van der Waals surface area contributed by atoms with Crippen LogP contribution in [0.3, 0.4) is 0 Å². The molecule has 422 valence electrons. The standard InChI is InChI=1S/C52H88O21/c1-24(2)9-8-15-52(65,23-68-45-40(63)38(61)36(59)30(19-53)70-45)27-12-16-49(6)26(27)10-11-32-50(49,7)17-13-31-48(4,5)33(14-18-51(31,32)22-54)71-47-43(73-46-41(64)37(60)34(57)25(3)69-46)42(29(56)21-67-47)72-44-39(62)35(58)28(55)20-66-44/h9,25-47,53-65H,8,10-23H2,1-7H3/t25-,26+,27-,28+,29-,30+,31-,32-,33-,34-,35-,36+,37+,38-,39+,40+,41+,42-,43+,44-,45+,46-,47-,49+,50+,51+,52+/m0/s1. The molecule has 0 spiro atoms. The van der Waals surface area contributed by atoms with Gasteiger partial charge < -0.3 is 104 Å². The lowest BCUT2D eigenvalue weighted by atomic mass is 9.35. The maximum Gasteiger partial charge on any atom is 0.187 e. The number of hydrogen-bond donors (Lipinski definition) is 13. The fourth-order valence-electron chi connectivity index (χ4n) is 15.7. The second-order valence-electron chi connectivity index (χ2n) is 24.5. The molecule has 0 aromatic rings. The second kappa shape index (κ2) is 22.2. The molecular weight excluding hydrogens is 961 g/mol. The monoisotopic (exact) mass is 1050 g/mol. The zero-order chi connectivity index (χ0) is 53.3. The summed E-state index contributed by atoms with van der Waals surface area (Å²) in [5.74, 6) is -0.0884. The van der Waals surface area contributed by atoms with Gasteiger partial charge in [0, 0.05) is 12.0 Å². The van der Waals surface area contributed by atoms with Gasteiger partial charge in [-0.2, -0.15) is 0 Å². The highest BCUT2D eigenvalue weighted by molar-refractivity contribution is 5.20. The molecular formula is C52H88O21. The number of fused-ring (bicyclic) bond motifs is 5. The molecule has 21 nitrogen and oxygen atoms in total. The quantitative estimate of drug-likeness (QED) is 0.0697. The van der Waals surface area contributed by atoms with Crippen molar-refractivity contribution in [2.75, 3.05) is 33.0 Å². The van der Waals surface area contributed by atoms with Gasteiger partial charge in [0.1, 0.15) is 79.4 Å². The largest absolute Gasteiger partial charge is 0.396 e. The van der Waals surface area contributed by atoms with Crippen LogP contribution in [0.5, 0.6) is 0 Å². The Morgan fingerprint density at radius 2 is 1.25 bits per heavy atom. The van der Waals surface area contributed by atoms with Crippen LogP contribution < -0.4 is 0 Å². The van der Waals surface area contributed by atoms with Gasteiger partial charge in [-0.15, -0.1) is 0 Å². The molecule has 4 heterocycles. The minimum Gasteiger partial charge on any atom is -0.396 e. The molecule has 0 aromatic carbocycles. The molecule has 13 N–H and O–H groups in total. The first-order valence-electron chi connectivity index (χ1n) is 26.8. The summed E-state index contributed by atoms with van der Waals surface area (Å²) in [6.07, 6.45) is -18.2. The topological polar surface area (TPSA) is 337 Å². The average molecular weight is 1050 g/mol. The van der Waals surface area contributed by atoms with E-state index in [1.165, 1.54) is 6.92 Å². The second-order valence-corrected chi connectivity index (χ2v) is 24.5. The number of allylic oxidation sites excluding steroid dienone is 2. The van der Waals surface area contributed by atoms with E-state index >= 15 is 0 Å². The molecule has 8 fully saturated rings. The van der Waals surface area contributed by atoms with Crippen molar-refractivity contribution in [3.05, 3.63) is 11.6 Å². The first-order chi connectivity index (χ1) is 34.3. The van der Waals surface area contributed by atoms with E-state index in [1.807, 2.05) is 13.8 Å². The van der Waals surface area contributed by atoms with Crippen LogP contribution >= 0.6 is 0 Å². The number of ether oxygens (including phenoxy) is 8. The molecule has 27 atom stereocenters. The Morgan fingerprint density at radius 3 is 1.93 bits per heavy atom. The Hall–Kier alpha value is -1.10. The van der Waals surface area contributed by atoms with Crippen LogP contribution in [0, 0.1) is 45.3 Å². The Bertz CT molecular complexity index is 1870. The first-order valence-corrected chi connectivity index (χ1v) is 26.8. The molecule has 0 unspecified atom stereocenters. The van der Waals surface area contributed by atoms with Crippen molar-refractivity contribution < 1.29 is 104 Å². The zero-order valence-corrected chi connectivity index (χ0v) is 43.5. The Kier molecular flexibility index (Phi) is 17.7. The molecule has 0 aromatic heterocycles. The van der Waals surface area contributed by atoms with E-state index in [4.69, 9.17) is 37.9 Å². The highest BCUT2D eigenvalue weighted by Gasteiger charge is 2.71. The predicted molar refractivity (Wildman–Crippen MR) is 254 cm³/mol. The van der Waals surface area contributed by atoms with Crippen LogP contribution in [0.15, 0.2) is 11.6 Å². The molecule has 8 rings (SSSR count). The Balaban J connectivity index is 1.02. The lowest BCUT2D eigenvalue weighted by Gasteiger charge is -2.70. The van der Waals surface area contributed by atoms with Gasteiger partial charge in [0.2, 0.25) is 0 Å². The van der Waals surface area contributed by atoms with Gasteiger partial charge in [0.05, 0.1) is 44.2 Å². The van der Waals surface area contributed by atoms with E-state index in [1.54, 1.807) is 0 Å². The number of rotatable bonds is 15. The molecule has 4 saturated carbocycles. The molecule has 21 heteroatoms. The predicted octanol–water partition coefficient (Wildman–Crippen LogP) is -0.923. The smallest absolute Gasteiger partial charge is 0.187 e. The van der Waals surface area contributed by atoms with Gasteiger partial charge in [0.25, 0.3) is 0 Å². The summed E-state index contributed by atoms with van der Waals surface area (Å²) in [4.78, 5) is 0. The maximum absolute atomic E-state index is 12.9. The average Bonchev–Trinajstić information content (AvgIpc) is 3.72. The lowest BCUT2D eigenvalue weighted by Crippen LogP contribution is -2.67. The van der Waals surface area contributed by atoms with Crippen molar-refractivity contribution >= 4 is 0 Å². The molecule has 0 radical (unpaired) electrons. The SMILES string of the molecule is CC(C)=CCC[C@@](O)(CO[C@@H]1O[C@H](CO)[C@@H](O)[C@H](O)[C@H]1O)[C@H]1CC[C@]2(C)[C@@H]1CC[C@@H]1[C@@]3(CO)CC[C@H](O[C@@H]4OC[C@H](O)[C@H](O[C@@H]5OC[C@@H](O)[C@H](O)[C@H]5O)[C@H]4O[C@@H]4O[C@@H](C)[C@H](O)[C@@H](O)[C@H]4O)C(C)(C)[C@@H]3CC[C@]12C. The van der Waals surface area contributed by atoms with Crippen LogP contribution in [0.1, 0.15) is 113 Å². The highest BCUT2D eigenvalue weighted by Crippen LogP contribution is 2.76.